The van der Waals surface area contributed by atoms with Crippen molar-refractivity contribution in [3.05, 3.63) is 100 Å². The molecule has 2 aromatic heterocycles. The summed E-state index contributed by atoms with van der Waals surface area (Å²) >= 11 is 18.6. The number of amides is 1. The Kier molecular flexibility index (Phi) is 11.1. The van der Waals surface area contributed by atoms with Crippen LogP contribution in [-0.2, 0) is 4.79 Å². The van der Waals surface area contributed by atoms with Crippen LogP contribution in [0.3, 0.4) is 0 Å². The Morgan fingerprint density at radius 2 is 1.20 bits per heavy atom. The largest absolute Gasteiger partial charge is 0.507 e. The molecule has 0 unspecified atom stereocenters. The predicted octanol–water partition coefficient (Wildman–Crippen LogP) is 8.02. The second-order valence-corrected chi connectivity index (χ2v) is 13.6. The van der Waals surface area contributed by atoms with Crippen LogP contribution in [0, 0.1) is 5.92 Å². The van der Waals surface area contributed by atoms with Gasteiger partial charge in [-0.25, -0.2) is 19.9 Å². The maximum absolute atomic E-state index is 12.6. The highest BCUT2D eigenvalue weighted by molar-refractivity contribution is 6.35. The first-order valence-corrected chi connectivity index (χ1v) is 17.5. The molecule has 3 N–H and O–H groups in total. The van der Waals surface area contributed by atoms with E-state index >= 15 is 0 Å². The molecule has 51 heavy (non-hydrogen) atoms. The smallest absolute Gasteiger partial charge is 0.251 e. The number of anilines is 1. The Balaban J connectivity index is 0.000000200. The second kappa shape index (κ2) is 15.7. The summed E-state index contributed by atoms with van der Waals surface area (Å²) in [6.45, 7) is 6.13. The number of phenols is 2. The van der Waals surface area contributed by atoms with Gasteiger partial charge in [-0.1, -0.05) is 85.0 Å². The molecule has 0 radical (unpaired) electrons. The average Bonchev–Trinajstić information content (AvgIpc) is 3.11. The monoisotopic (exact) mass is 744 g/mol. The van der Waals surface area contributed by atoms with E-state index in [1.54, 1.807) is 35.2 Å². The highest BCUT2D eigenvalue weighted by Gasteiger charge is 2.28. The lowest BCUT2D eigenvalue weighted by Gasteiger charge is -2.37. The van der Waals surface area contributed by atoms with Crippen LogP contribution in [0.2, 0.25) is 15.2 Å². The quantitative estimate of drug-likeness (QED) is 0.145. The molecule has 0 spiro atoms. The first-order chi connectivity index (χ1) is 24.5. The molecule has 6 aromatic rings. The van der Waals surface area contributed by atoms with E-state index in [1.165, 1.54) is 6.07 Å². The number of aromatic nitrogens is 4. The number of rotatable bonds is 6. The number of aliphatic hydroxyl groups excluding tert-OH is 1. The Hall–Kier alpha value is -4.74. The van der Waals surface area contributed by atoms with E-state index in [9.17, 15) is 20.1 Å². The van der Waals surface area contributed by atoms with Gasteiger partial charge in [-0.15, -0.1) is 0 Å². The molecule has 7 rings (SSSR count). The lowest BCUT2D eigenvalue weighted by atomic mass is 10.0. The van der Waals surface area contributed by atoms with Crippen LogP contribution >= 0.6 is 34.8 Å². The molecular weight excluding hydrogens is 711 g/mol. The van der Waals surface area contributed by atoms with Crippen LogP contribution in [0.25, 0.3) is 44.6 Å². The fourth-order valence-electron chi connectivity index (χ4n) is 5.93. The van der Waals surface area contributed by atoms with E-state index in [0.717, 1.165) is 22.1 Å². The van der Waals surface area contributed by atoms with Gasteiger partial charge in [-0.3, -0.25) is 4.79 Å². The molecule has 262 valence electrons. The zero-order valence-electron chi connectivity index (χ0n) is 27.8. The highest BCUT2D eigenvalue weighted by Crippen LogP contribution is 2.37. The molecule has 0 aliphatic carbocycles. The van der Waals surface area contributed by atoms with E-state index in [-0.39, 0.29) is 23.3 Å². The normalized spacial score (nSPS) is 13.7. The number of halogens is 3. The molecule has 1 amide bonds. The number of phenolic OH excluding ortho intramolecular Hbond substituents is 2. The summed E-state index contributed by atoms with van der Waals surface area (Å²) in [7, 11) is 0. The van der Waals surface area contributed by atoms with Gasteiger partial charge in [0.05, 0.1) is 32.2 Å². The number of benzene rings is 4. The van der Waals surface area contributed by atoms with Crippen molar-refractivity contribution in [3.8, 4) is 34.3 Å². The van der Waals surface area contributed by atoms with Gasteiger partial charge in [-0.05, 0) is 60.9 Å². The van der Waals surface area contributed by atoms with Gasteiger partial charge < -0.3 is 25.1 Å². The van der Waals surface area contributed by atoms with Gasteiger partial charge in [0.1, 0.15) is 28.6 Å². The van der Waals surface area contributed by atoms with E-state index in [1.807, 2.05) is 62.4 Å². The van der Waals surface area contributed by atoms with E-state index in [0.29, 0.717) is 76.1 Å². The van der Waals surface area contributed by atoms with Gasteiger partial charge in [0, 0.05) is 37.0 Å². The summed E-state index contributed by atoms with van der Waals surface area (Å²) in [6.07, 6.45) is -0.503. The number of aromatic hydroxyl groups is 2. The van der Waals surface area contributed by atoms with Crippen molar-refractivity contribution in [2.24, 2.45) is 5.92 Å². The van der Waals surface area contributed by atoms with Crippen molar-refractivity contribution in [1.82, 2.24) is 24.8 Å². The van der Waals surface area contributed by atoms with E-state index in [2.05, 4.69) is 19.9 Å². The molecule has 1 fully saturated rings. The lowest BCUT2D eigenvalue weighted by molar-refractivity contribution is -0.141. The Labute approximate surface area is 309 Å². The van der Waals surface area contributed by atoms with Gasteiger partial charge in [0.2, 0.25) is 0 Å². The maximum Gasteiger partial charge on any atom is 0.251 e. The first kappa shape index (κ1) is 36.1. The number of hydrogen-bond donors (Lipinski definition) is 3. The van der Waals surface area contributed by atoms with Crippen LogP contribution in [0.15, 0.2) is 84.9 Å². The van der Waals surface area contributed by atoms with Crippen LogP contribution in [0.1, 0.15) is 20.3 Å². The topological polar surface area (TPSA) is 136 Å². The number of hydrogen-bond acceptors (Lipinski definition) is 9. The summed E-state index contributed by atoms with van der Waals surface area (Å²) < 4.78 is 0. The fourth-order valence-corrected chi connectivity index (χ4v) is 6.68. The summed E-state index contributed by atoms with van der Waals surface area (Å²) in [6, 6.07) is 24.9. The van der Waals surface area contributed by atoms with Crippen molar-refractivity contribution >= 4 is 68.3 Å². The number of fused-ring (bicyclic) bond motifs is 2. The van der Waals surface area contributed by atoms with Crippen molar-refractivity contribution in [2.45, 2.75) is 26.4 Å². The highest BCUT2D eigenvalue weighted by atomic mass is 35.5. The second-order valence-electron chi connectivity index (χ2n) is 12.5. The van der Waals surface area contributed by atoms with Crippen molar-refractivity contribution < 1.29 is 20.1 Å². The number of carbonyl (C=O) groups is 1. The third-order valence-corrected chi connectivity index (χ3v) is 9.36. The minimum absolute atomic E-state index is 0.0216. The average molecular weight is 746 g/mol. The molecule has 13 heteroatoms. The van der Waals surface area contributed by atoms with Crippen molar-refractivity contribution in [2.75, 3.05) is 31.1 Å². The third-order valence-electron chi connectivity index (χ3n) is 8.44. The minimum atomic E-state index is -0.962. The molecule has 1 aliphatic rings. The van der Waals surface area contributed by atoms with Crippen LogP contribution in [0.4, 0.5) is 5.82 Å². The number of nitrogens with zero attached hydrogens (tertiary/aromatic N) is 6. The van der Waals surface area contributed by atoms with Crippen molar-refractivity contribution in [1.29, 1.82) is 0 Å². The van der Waals surface area contributed by atoms with Gasteiger partial charge >= 0.3 is 0 Å². The summed E-state index contributed by atoms with van der Waals surface area (Å²) in [5.41, 5.74) is 2.23. The lowest BCUT2D eigenvalue weighted by Crippen LogP contribution is -2.52. The van der Waals surface area contributed by atoms with Gasteiger partial charge in [-0.2, -0.15) is 0 Å². The van der Waals surface area contributed by atoms with Crippen molar-refractivity contribution in [3.63, 3.8) is 0 Å². The molecule has 0 saturated carbocycles. The van der Waals surface area contributed by atoms with E-state index < -0.39 is 6.10 Å². The Morgan fingerprint density at radius 1 is 0.686 bits per heavy atom. The van der Waals surface area contributed by atoms with Crippen LogP contribution in [-0.4, -0.2) is 78.3 Å². The summed E-state index contributed by atoms with van der Waals surface area (Å²) in [4.78, 5) is 34.4. The zero-order chi connectivity index (χ0) is 36.2. The summed E-state index contributed by atoms with van der Waals surface area (Å²) in [5.74, 6) is 1.49. The minimum Gasteiger partial charge on any atom is -0.507 e. The molecule has 0 bridgehead atoms. The maximum atomic E-state index is 12.6. The van der Waals surface area contributed by atoms with E-state index in [4.69, 9.17) is 39.8 Å². The number of aliphatic hydroxyl groups is 1. The number of carbonyl (C=O) groups excluding carboxylic acids is 1. The summed E-state index contributed by atoms with van der Waals surface area (Å²) in [5, 5.41) is 33.2. The van der Waals surface area contributed by atoms with Crippen LogP contribution < -0.4 is 4.90 Å². The first-order valence-electron chi connectivity index (χ1n) is 16.4. The Bertz CT molecular complexity index is 2170. The Morgan fingerprint density at radius 3 is 1.75 bits per heavy atom. The van der Waals surface area contributed by atoms with Gasteiger partial charge in [0.25, 0.3) is 5.91 Å². The number of para-hydroxylation sites is 2. The SMILES string of the molecule is CC(C)C[C@@H](O)C(=O)N1CCN(c2nc(-c3c(O)cccc3Cl)nc3ccccc23)CC1.Oc1cccc(Cl)c1-c1nc(Cl)c2ccccc2n1. The molecule has 10 nitrogen and oxygen atoms in total. The van der Waals surface area contributed by atoms with Crippen LogP contribution in [0.5, 0.6) is 11.5 Å². The fraction of sp³-hybridized carbons (Fsp3) is 0.237. The standard InChI is InChI=1S/C24H27ClN4O3.C14H8Cl2N2O/c1-15(2)14-20(31)24(32)29-12-10-28(11-13-29)23-16-6-3-4-8-18(16)26-22(27-23)21-17(25)7-5-9-19(21)30;15-9-5-3-7-11(19)12(9)14-17-10-6-2-1-4-8(10)13(16)18-14/h3-9,15,20,30-31H,10-14H2,1-2H3;1-7,19H/t20-;/m1./s1. The predicted molar refractivity (Wildman–Crippen MR) is 203 cm³/mol. The zero-order valence-corrected chi connectivity index (χ0v) is 30.1. The molecule has 1 atom stereocenters. The van der Waals surface area contributed by atoms with Gasteiger partial charge in [0.15, 0.2) is 11.6 Å². The molecule has 4 aromatic carbocycles. The molecule has 1 aliphatic heterocycles. The molecule has 3 heterocycles. The molecule has 1 saturated heterocycles. The molecular formula is C38H35Cl3N6O4. The number of piperazine rings is 1. The third kappa shape index (κ3) is 7.94.